The lowest BCUT2D eigenvalue weighted by Crippen LogP contribution is -2.44. The number of ether oxygens (including phenoxy) is 2. The van der Waals surface area contributed by atoms with Crippen molar-refractivity contribution in [2.24, 2.45) is 0 Å². The molecule has 1 aromatic carbocycles. The Kier molecular flexibility index (Phi) is 9.06. The van der Waals surface area contributed by atoms with Crippen LogP contribution in [-0.4, -0.2) is 37.2 Å². The van der Waals surface area contributed by atoms with E-state index in [0.29, 0.717) is 13.0 Å². The third-order valence-corrected chi connectivity index (χ3v) is 3.42. The molecule has 7 nitrogen and oxygen atoms in total. The number of carbonyl (C=O) groups excluding carboxylic acids is 3. The van der Waals surface area contributed by atoms with Crippen molar-refractivity contribution in [1.82, 2.24) is 10.6 Å². The molecule has 3 amide bonds. The summed E-state index contributed by atoms with van der Waals surface area (Å²) in [5, 5.41) is 4.68. The predicted molar refractivity (Wildman–Crippen MR) is 93.3 cm³/mol. The van der Waals surface area contributed by atoms with E-state index >= 15 is 0 Å². The largest absolute Gasteiger partial charge is 0.494 e. The van der Waals surface area contributed by atoms with Crippen LogP contribution >= 0.6 is 0 Å². The number of nitrogens with one attached hydrogen (secondary N) is 2. The number of urea groups is 1. The number of esters is 1. The van der Waals surface area contributed by atoms with Crippen molar-refractivity contribution in [2.45, 2.75) is 46.1 Å². The first-order chi connectivity index (χ1) is 11.9. The highest BCUT2D eigenvalue weighted by Gasteiger charge is 2.12. The second kappa shape index (κ2) is 11.1. The van der Waals surface area contributed by atoms with E-state index in [-0.39, 0.29) is 12.5 Å². The van der Waals surface area contributed by atoms with Crippen molar-refractivity contribution in [3.63, 3.8) is 0 Å². The van der Waals surface area contributed by atoms with Crippen LogP contribution in [0.5, 0.6) is 5.75 Å². The summed E-state index contributed by atoms with van der Waals surface area (Å²) in [4.78, 5) is 34.5. The zero-order valence-corrected chi connectivity index (χ0v) is 15.0. The molecule has 7 heteroatoms. The Balaban J connectivity index is 2.12. The Morgan fingerprint density at radius 3 is 2.48 bits per heavy atom. The van der Waals surface area contributed by atoms with Gasteiger partial charge in [0, 0.05) is 12.5 Å². The molecule has 0 aliphatic heterocycles. The average molecular weight is 350 g/mol. The average Bonchev–Trinajstić information content (AvgIpc) is 2.58. The van der Waals surface area contributed by atoms with Gasteiger partial charge < -0.3 is 14.8 Å². The Morgan fingerprint density at radius 2 is 1.84 bits per heavy atom. The van der Waals surface area contributed by atoms with Crippen molar-refractivity contribution in [3.05, 3.63) is 29.8 Å². The number of rotatable bonds is 9. The molecule has 0 fully saturated rings. The van der Waals surface area contributed by atoms with Crippen LogP contribution < -0.4 is 15.4 Å². The molecule has 0 bridgehead atoms. The van der Waals surface area contributed by atoms with Gasteiger partial charge in [-0.05, 0) is 38.8 Å². The highest BCUT2D eigenvalue weighted by atomic mass is 16.5. The van der Waals surface area contributed by atoms with Gasteiger partial charge in [0.25, 0.3) is 5.91 Å². The highest BCUT2D eigenvalue weighted by molar-refractivity contribution is 5.95. The standard InChI is InChI=1S/C18H26N2O5/c1-4-14(3)19-18(23)20-16(21)12-25-17(22)6-5-11-24-15-9-7-13(2)8-10-15/h7-10,14H,4-6,11-12H2,1-3H3,(H2,19,20,21,23)/t14-/m1/s1. The molecule has 0 radical (unpaired) electrons. The normalized spacial score (nSPS) is 11.3. The van der Waals surface area contributed by atoms with E-state index in [1.54, 1.807) is 0 Å². The summed E-state index contributed by atoms with van der Waals surface area (Å²) in [7, 11) is 0. The van der Waals surface area contributed by atoms with E-state index in [1.165, 1.54) is 0 Å². The molecule has 2 N–H and O–H groups in total. The lowest BCUT2D eigenvalue weighted by Gasteiger charge is -2.11. The molecule has 0 saturated heterocycles. The maximum atomic E-state index is 11.6. The SMILES string of the molecule is CC[C@@H](C)NC(=O)NC(=O)COC(=O)CCCOc1ccc(C)cc1. The first-order valence-electron chi connectivity index (χ1n) is 8.36. The van der Waals surface area contributed by atoms with E-state index in [4.69, 9.17) is 9.47 Å². The van der Waals surface area contributed by atoms with Gasteiger partial charge in [-0.1, -0.05) is 24.6 Å². The molecule has 0 spiro atoms. The number of amides is 3. The minimum absolute atomic E-state index is 0.0381. The fourth-order valence-electron chi connectivity index (χ4n) is 1.78. The Hall–Kier alpha value is -2.57. The molecule has 1 aromatic rings. The number of hydrogen-bond acceptors (Lipinski definition) is 5. The van der Waals surface area contributed by atoms with Crippen molar-refractivity contribution >= 4 is 17.9 Å². The van der Waals surface area contributed by atoms with Crippen LogP contribution in [-0.2, 0) is 14.3 Å². The van der Waals surface area contributed by atoms with Gasteiger partial charge in [0.1, 0.15) is 5.75 Å². The van der Waals surface area contributed by atoms with Crippen LogP contribution in [0.15, 0.2) is 24.3 Å². The summed E-state index contributed by atoms with van der Waals surface area (Å²) in [6, 6.07) is 6.98. The molecule has 0 aromatic heterocycles. The summed E-state index contributed by atoms with van der Waals surface area (Å²) in [6.45, 7) is 5.62. The van der Waals surface area contributed by atoms with Crippen molar-refractivity contribution in [3.8, 4) is 5.75 Å². The number of imide groups is 1. The first kappa shape index (κ1) is 20.5. The molecule has 0 unspecified atom stereocenters. The zero-order chi connectivity index (χ0) is 18.7. The van der Waals surface area contributed by atoms with Gasteiger partial charge in [0.05, 0.1) is 6.61 Å². The number of hydrogen-bond donors (Lipinski definition) is 2. The maximum Gasteiger partial charge on any atom is 0.321 e. The molecular weight excluding hydrogens is 324 g/mol. The topological polar surface area (TPSA) is 93.7 Å². The van der Waals surface area contributed by atoms with E-state index in [0.717, 1.165) is 17.7 Å². The van der Waals surface area contributed by atoms with Gasteiger partial charge in [0.15, 0.2) is 6.61 Å². The minimum Gasteiger partial charge on any atom is -0.494 e. The smallest absolute Gasteiger partial charge is 0.321 e. The van der Waals surface area contributed by atoms with E-state index in [9.17, 15) is 14.4 Å². The maximum absolute atomic E-state index is 11.6. The van der Waals surface area contributed by atoms with Gasteiger partial charge in [-0.25, -0.2) is 4.79 Å². The quantitative estimate of drug-likeness (QED) is 0.526. The van der Waals surface area contributed by atoms with Crippen molar-refractivity contribution in [2.75, 3.05) is 13.2 Å². The van der Waals surface area contributed by atoms with Crippen molar-refractivity contribution < 1.29 is 23.9 Å². The summed E-state index contributed by atoms with van der Waals surface area (Å²) in [5.41, 5.74) is 1.15. The second-order valence-corrected chi connectivity index (χ2v) is 5.76. The van der Waals surface area contributed by atoms with Gasteiger partial charge in [-0.2, -0.15) is 0 Å². The third-order valence-electron chi connectivity index (χ3n) is 3.42. The van der Waals surface area contributed by atoms with Crippen LogP contribution in [0.2, 0.25) is 0 Å². The molecule has 1 atom stereocenters. The molecule has 0 saturated carbocycles. The number of aryl methyl sites for hydroxylation is 1. The second-order valence-electron chi connectivity index (χ2n) is 5.76. The Labute approximate surface area is 148 Å². The summed E-state index contributed by atoms with van der Waals surface area (Å²) in [5.74, 6) is -0.430. The van der Waals surface area contributed by atoms with Gasteiger partial charge in [-0.15, -0.1) is 0 Å². The van der Waals surface area contributed by atoms with Crippen LogP contribution in [0.3, 0.4) is 0 Å². The lowest BCUT2D eigenvalue weighted by atomic mass is 10.2. The number of benzene rings is 1. The molecule has 0 aliphatic rings. The van der Waals surface area contributed by atoms with E-state index < -0.39 is 24.5 Å². The van der Waals surface area contributed by atoms with Gasteiger partial charge >= 0.3 is 12.0 Å². The Morgan fingerprint density at radius 1 is 1.16 bits per heavy atom. The molecule has 1 rings (SSSR count). The molecule has 25 heavy (non-hydrogen) atoms. The lowest BCUT2D eigenvalue weighted by molar-refractivity contribution is -0.148. The fourth-order valence-corrected chi connectivity index (χ4v) is 1.78. The first-order valence-corrected chi connectivity index (χ1v) is 8.36. The fraction of sp³-hybridized carbons (Fsp3) is 0.500. The number of carbonyl (C=O) groups is 3. The summed E-state index contributed by atoms with van der Waals surface area (Å²) in [6.07, 6.45) is 1.36. The predicted octanol–water partition coefficient (Wildman–Crippen LogP) is 2.32. The van der Waals surface area contributed by atoms with Gasteiger partial charge in [0.2, 0.25) is 0 Å². The van der Waals surface area contributed by atoms with E-state index in [2.05, 4.69) is 10.6 Å². The zero-order valence-electron chi connectivity index (χ0n) is 15.0. The van der Waals surface area contributed by atoms with Gasteiger partial charge in [-0.3, -0.25) is 14.9 Å². The molecule has 138 valence electrons. The Bertz CT molecular complexity index is 571. The van der Waals surface area contributed by atoms with Crippen molar-refractivity contribution in [1.29, 1.82) is 0 Å². The van der Waals surface area contributed by atoms with Crippen LogP contribution in [0.4, 0.5) is 4.79 Å². The third kappa shape index (κ3) is 9.34. The van der Waals surface area contributed by atoms with Crippen LogP contribution in [0, 0.1) is 6.92 Å². The molecule has 0 heterocycles. The van der Waals surface area contributed by atoms with Crippen LogP contribution in [0.1, 0.15) is 38.7 Å². The molecular formula is C18H26N2O5. The van der Waals surface area contributed by atoms with Crippen LogP contribution in [0.25, 0.3) is 0 Å². The highest BCUT2D eigenvalue weighted by Crippen LogP contribution is 2.11. The van der Waals surface area contributed by atoms with E-state index in [1.807, 2.05) is 45.0 Å². The molecule has 0 aliphatic carbocycles. The monoisotopic (exact) mass is 350 g/mol. The summed E-state index contributed by atoms with van der Waals surface area (Å²) < 4.78 is 10.3. The minimum atomic E-state index is -0.662. The summed E-state index contributed by atoms with van der Waals surface area (Å²) >= 11 is 0.